The zero-order valence-corrected chi connectivity index (χ0v) is 16.4. The lowest BCUT2D eigenvalue weighted by molar-refractivity contribution is 0.0422. The third kappa shape index (κ3) is 3.20. The van der Waals surface area contributed by atoms with Crippen LogP contribution in [-0.2, 0) is 7.05 Å². The number of hydrogen-bond acceptors (Lipinski definition) is 7. The molecule has 4 aromatic heterocycles. The quantitative estimate of drug-likeness (QED) is 0.516. The normalized spacial score (nSPS) is 12.8. The van der Waals surface area contributed by atoms with Crippen molar-refractivity contribution in [1.29, 1.82) is 0 Å². The molecule has 9 heteroatoms. The summed E-state index contributed by atoms with van der Waals surface area (Å²) in [5, 5.41) is 18.8. The Balaban J connectivity index is 1.69. The molecule has 0 aliphatic rings. The summed E-state index contributed by atoms with van der Waals surface area (Å²) in [7, 11) is 5.59. The predicted octanol–water partition coefficient (Wildman–Crippen LogP) is 2.80. The van der Waals surface area contributed by atoms with Crippen LogP contribution in [-0.4, -0.2) is 48.3 Å². The van der Waals surface area contributed by atoms with Crippen LogP contribution < -0.4 is 5.32 Å². The van der Waals surface area contributed by atoms with Crippen molar-refractivity contribution in [2.75, 3.05) is 19.4 Å². The van der Waals surface area contributed by atoms with Gasteiger partial charge in [0.25, 0.3) is 0 Å². The Morgan fingerprint density at radius 3 is 2.78 bits per heavy atom. The minimum atomic E-state index is -0.627. The largest absolute Gasteiger partial charge is 0.373 e. The van der Waals surface area contributed by atoms with Crippen LogP contribution >= 0.6 is 11.3 Å². The minimum Gasteiger partial charge on any atom is -0.373 e. The first-order valence-corrected chi connectivity index (χ1v) is 9.28. The van der Waals surface area contributed by atoms with Crippen molar-refractivity contribution in [3.05, 3.63) is 47.5 Å². The Morgan fingerprint density at radius 2 is 2.07 bits per heavy atom. The Bertz CT molecular complexity index is 1090. The van der Waals surface area contributed by atoms with E-state index in [1.165, 1.54) is 11.3 Å². The molecule has 0 aliphatic carbocycles. The van der Waals surface area contributed by atoms with E-state index in [4.69, 9.17) is 0 Å². The second kappa shape index (κ2) is 6.76. The molecule has 27 heavy (non-hydrogen) atoms. The summed E-state index contributed by atoms with van der Waals surface area (Å²) in [6.07, 6.45) is 8.59. The number of imidazole rings is 1. The van der Waals surface area contributed by atoms with Gasteiger partial charge in [-0.2, -0.15) is 5.10 Å². The van der Waals surface area contributed by atoms with Crippen LogP contribution in [0.3, 0.4) is 0 Å². The zero-order chi connectivity index (χ0) is 19.1. The van der Waals surface area contributed by atoms with Crippen molar-refractivity contribution >= 4 is 27.8 Å². The monoisotopic (exact) mass is 383 g/mol. The second-order valence-corrected chi connectivity index (χ2v) is 7.72. The maximum Gasteiger partial charge on any atom is 0.180 e. The molecule has 0 saturated heterocycles. The van der Waals surface area contributed by atoms with Crippen molar-refractivity contribution in [3.8, 4) is 11.3 Å². The molecule has 0 amide bonds. The number of aromatic nitrogens is 5. The fraction of sp³-hybridized carbons (Fsp3) is 0.278. The van der Waals surface area contributed by atoms with E-state index in [9.17, 15) is 5.11 Å². The lowest BCUT2D eigenvalue weighted by Gasteiger charge is -2.17. The Hall–Kier alpha value is -2.75. The van der Waals surface area contributed by atoms with Gasteiger partial charge >= 0.3 is 0 Å². The van der Waals surface area contributed by atoms with Gasteiger partial charge in [-0.1, -0.05) is 0 Å². The SMILES string of the molecule is Cc1cc(Nc2nccn3c(-c4cnn(C)c4)cnc23)sc1C(O)N(C)C. The van der Waals surface area contributed by atoms with Gasteiger partial charge in [-0.05, 0) is 32.6 Å². The molecule has 1 unspecified atom stereocenters. The maximum atomic E-state index is 10.3. The maximum absolute atomic E-state index is 10.3. The molecule has 4 aromatic rings. The van der Waals surface area contributed by atoms with Gasteiger partial charge in [-0.25, -0.2) is 9.97 Å². The van der Waals surface area contributed by atoms with Crippen LogP contribution in [0.15, 0.2) is 37.1 Å². The smallest absolute Gasteiger partial charge is 0.180 e. The number of thiophene rings is 1. The highest BCUT2D eigenvalue weighted by Crippen LogP contribution is 2.34. The van der Waals surface area contributed by atoms with Gasteiger partial charge in [0.05, 0.1) is 28.0 Å². The minimum absolute atomic E-state index is 0.627. The molecular formula is C18H21N7OS. The first-order chi connectivity index (χ1) is 12.9. The Labute approximate surface area is 160 Å². The summed E-state index contributed by atoms with van der Waals surface area (Å²) in [5.41, 5.74) is 3.72. The third-order valence-corrected chi connectivity index (χ3v) is 5.54. The predicted molar refractivity (Wildman–Crippen MR) is 106 cm³/mol. The van der Waals surface area contributed by atoms with Crippen LogP contribution in [0.4, 0.5) is 10.8 Å². The van der Waals surface area contributed by atoms with Crippen LogP contribution in [0.5, 0.6) is 0 Å². The molecule has 8 nitrogen and oxygen atoms in total. The molecular weight excluding hydrogens is 362 g/mol. The number of aliphatic hydroxyl groups excluding tert-OH is 1. The van der Waals surface area contributed by atoms with E-state index < -0.39 is 6.23 Å². The number of nitrogens with one attached hydrogen (secondary N) is 1. The molecule has 1 atom stereocenters. The molecule has 0 fully saturated rings. The average molecular weight is 383 g/mol. The van der Waals surface area contributed by atoms with Gasteiger partial charge in [0, 0.05) is 31.2 Å². The van der Waals surface area contributed by atoms with Gasteiger partial charge in [-0.15, -0.1) is 11.3 Å². The van der Waals surface area contributed by atoms with E-state index in [0.29, 0.717) is 5.82 Å². The molecule has 0 spiro atoms. The van der Waals surface area contributed by atoms with Gasteiger partial charge in [0.15, 0.2) is 11.5 Å². The molecule has 140 valence electrons. The Kier molecular flexibility index (Phi) is 4.42. The van der Waals surface area contributed by atoms with E-state index in [0.717, 1.165) is 32.3 Å². The van der Waals surface area contributed by atoms with Crippen molar-refractivity contribution < 1.29 is 5.11 Å². The van der Waals surface area contributed by atoms with Crippen molar-refractivity contribution in [2.24, 2.45) is 7.05 Å². The molecule has 4 rings (SSSR count). The Morgan fingerprint density at radius 1 is 1.26 bits per heavy atom. The third-order valence-electron chi connectivity index (χ3n) is 4.35. The van der Waals surface area contributed by atoms with Crippen LogP contribution in [0.1, 0.15) is 16.7 Å². The summed E-state index contributed by atoms with van der Waals surface area (Å²) in [4.78, 5) is 11.7. The number of aliphatic hydroxyl groups is 1. The summed E-state index contributed by atoms with van der Waals surface area (Å²) in [6.45, 7) is 1.99. The molecule has 2 N–H and O–H groups in total. The molecule has 0 aliphatic heterocycles. The zero-order valence-electron chi connectivity index (χ0n) is 15.6. The average Bonchev–Trinajstić information content (AvgIpc) is 3.33. The number of hydrogen-bond donors (Lipinski definition) is 2. The van der Waals surface area contributed by atoms with E-state index in [2.05, 4.69) is 20.4 Å². The van der Waals surface area contributed by atoms with Crippen LogP contribution in [0.2, 0.25) is 0 Å². The second-order valence-electron chi connectivity index (χ2n) is 6.64. The van der Waals surface area contributed by atoms with E-state index in [1.54, 1.807) is 15.8 Å². The first kappa shape index (κ1) is 17.7. The molecule has 0 radical (unpaired) electrons. The van der Waals surface area contributed by atoms with Crippen LogP contribution in [0, 0.1) is 6.92 Å². The molecule has 0 saturated carbocycles. The topological polar surface area (TPSA) is 83.5 Å². The van der Waals surface area contributed by atoms with Crippen LogP contribution in [0.25, 0.3) is 16.9 Å². The number of nitrogens with zero attached hydrogens (tertiary/aromatic N) is 6. The summed E-state index contributed by atoms with van der Waals surface area (Å²) < 4.78 is 3.75. The lowest BCUT2D eigenvalue weighted by atomic mass is 10.2. The molecule has 0 aromatic carbocycles. The number of anilines is 2. The van der Waals surface area contributed by atoms with Gasteiger partial charge < -0.3 is 10.4 Å². The van der Waals surface area contributed by atoms with E-state index in [-0.39, 0.29) is 0 Å². The standard InChI is InChI=1S/C18H21N7OS/c1-11-7-14(27-15(11)18(26)23(2)3)22-16-17-20-9-13(25(17)6-5-19-16)12-8-21-24(4)10-12/h5-10,18,26H,1-4H3,(H,19,22). The highest BCUT2D eigenvalue weighted by molar-refractivity contribution is 7.16. The summed E-state index contributed by atoms with van der Waals surface area (Å²) in [5.74, 6) is 0.666. The highest BCUT2D eigenvalue weighted by atomic mass is 32.1. The fourth-order valence-electron chi connectivity index (χ4n) is 2.94. The van der Waals surface area contributed by atoms with Crippen molar-refractivity contribution in [3.63, 3.8) is 0 Å². The van der Waals surface area contributed by atoms with Gasteiger partial charge in [0.1, 0.15) is 6.23 Å². The van der Waals surface area contributed by atoms with Gasteiger partial charge in [-0.3, -0.25) is 14.0 Å². The lowest BCUT2D eigenvalue weighted by Crippen LogP contribution is -2.18. The van der Waals surface area contributed by atoms with E-state index in [1.807, 2.05) is 63.3 Å². The van der Waals surface area contributed by atoms with Crippen molar-refractivity contribution in [1.82, 2.24) is 29.0 Å². The van der Waals surface area contributed by atoms with E-state index >= 15 is 0 Å². The number of fused-ring (bicyclic) bond motifs is 1. The van der Waals surface area contributed by atoms with Crippen molar-refractivity contribution in [2.45, 2.75) is 13.2 Å². The first-order valence-electron chi connectivity index (χ1n) is 8.47. The number of aryl methyl sites for hydroxylation is 2. The van der Waals surface area contributed by atoms with Gasteiger partial charge in [0.2, 0.25) is 0 Å². The molecule has 4 heterocycles. The summed E-state index contributed by atoms with van der Waals surface area (Å²) in [6, 6.07) is 2.02. The highest BCUT2D eigenvalue weighted by Gasteiger charge is 2.18. The fourth-order valence-corrected chi connectivity index (χ4v) is 4.10. The number of rotatable bonds is 5. The molecule has 0 bridgehead atoms. The summed E-state index contributed by atoms with van der Waals surface area (Å²) >= 11 is 1.51.